The summed E-state index contributed by atoms with van der Waals surface area (Å²) >= 11 is 11.2. The normalized spacial score (nSPS) is 9.90. The van der Waals surface area contributed by atoms with Gasteiger partial charge in [-0.05, 0) is 17.7 Å². The lowest BCUT2D eigenvalue weighted by Gasteiger charge is -1.96. The Morgan fingerprint density at radius 1 is 1.30 bits per heavy atom. The predicted octanol–water partition coefficient (Wildman–Crippen LogP) is 2.29. The molecule has 1 radical (unpaired) electrons. The number of aliphatic hydroxyl groups excluding tert-OH is 1. The molecule has 1 N–H and O–H groups in total. The molecule has 1 aromatic rings. The Labute approximate surface area is 69.2 Å². The van der Waals surface area contributed by atoms with E-state index in [0.717, 1.165) is 0 Å². The summed E-state index contributed by atoms with van der Waals surface area (Å²) in [6.07, 6.45) is 0. The van der Waals surface area contributed by atoms with Gasteiger partial charge in [0.25, 0.3) is 0 Å². The van der Waals surface area contributed by atoms with Gasteiger partial charge in [-0.25, -0.2) is 0 Å². The van der Waals surface area contributed by atoms with Crippen LogP contribution >= 0.6 is 23.2 Å². The van der Waals surface area contributed by atoms with Gasteiger partial charge in [0.05, 0.1) is 16.7 Å². The van der Waals surface area contributed by atoms with Crippen molar-refractivity contribution in [3.8, 4) is 0 Å². The average Bonchev–Trinajstić information content (AvgIpc) is 1.85. The number of hydrogen-bond acceptors (Lipinski definition) is 1. The lowest BCUT2D eigenvalue weighted by atomic mass is 10.2. The Hall–Kier alpha value is -0.240. The minimum Gasteiger partial charge on any atom is -0.392 e. The third kappa shape index (κ3) is 1.87. The maximum atomic E-state index is 8.66. The number of rotatable bonds is 1. The highest BCUT2D eigenvalue weighted by atomic mass is 35.5. The Kier molecular flexibility index (Phi) is 2.55. The fourth-order valence-electron chi connectivity index (χ4n) is 0.645. The second-order valence-corrected chi connectivity index (χ2v) is 2.66. The van der Waals surface area contributed by atoms with E-state index in [1.165, 1.54) is 0 Å². The van der Waals surface area contributed by atoms with E-state index >= 15 is 0 Å². The van der Waals surface area contributed by atoms with Gasteiger partial charge in [0.15, 0.2) is 0 Å². The second kappa shape index (κ2) is 3.24. The van der Waals surface area contributed by atoms with Crippen molar-refractivity contribution in [2.75, 3.05) is 0 Å². The molecule has 0 aromatic heterocycles. The van der Waals surface area contributed by atoms with Crippen molar-refractivity contribution in [2.24, 2.45) is 0 Å². The molecule has 0 fully saturated rings. The van der Waals surface area contributed by atoms with E-state index in [-0.39, 0.29) is 6.61 Å². The van der Waals surface area contributed by atoms with Gasteiger partial charge in [-0.2, -0.15) is 0 Å². The van der Waals surface area contributed by atoms with Crippen LogP contribution in [0.3, 0.4) is 0 Å². The zero-order valence-corrected chi connectivity index (χ0v) is 6.58. The van der Waals surface area contributed by atoms with E-state index in [0.29, 0.717) is 15.6 Å². The fourth-order valence-corrected chi connectivity index (χ4v) is 1.18. The van der Waals surface area contributed by atoms with Gasteiger partial charge in [0, 0.05) is 6.07 Å². The highest BCUT2D eigenvalue weighted by Gasteiger charge is 1.95. The molecule has 0 aliphatic rings. The largest absolute Gasteiger partial charge is 0.392 e. The van der Waals surface area contributed by atoms with Crippen LogP contribution in [0.25, 0.3) is 0 Å². The van der Waals surface area contributed by atoms with Crippen molar-refractivity contribution in [3.05, 3.63) is 33.8 Å². The molecule has 3 heteroatoms. The van der Waals surface area contributed by atoms with Crippen LogP contribution in [0, 0.1) is 6.07 Å². The van der Waals surface area contributed by atoms with Crippen LogP contribution in [0.4, 0.5) is 0 Å². The van der Waals surface area contributed by atoms with E-state index < -0.39 is 0 Å². The highest BCUT2D eigenvalue weighted by molar-refractivity contribution is 6.34. The molecule has 53 valence electrons. The third-order valence-electron chi connectivity index (χ3n) is 1.05. The first-order valence-corrected chi connectivity index (χ1v) is 3.46. The van der Waals surface area contributed by atoms with Crippen molar-refractivity contribution in [1.29, 1.82) is 0 Å². The van der Waals surface area contributed by atoms with Gasteiger partial charge in [-0.1, -0.05) is 23.2 Å². The minimum absolute atomic E-state index is 0.0475. The maximum Gasteiger partial charge on any atom is 0.0682 e. The monoisotopic (exact) mass is 175 g/mol. The van der Waals surface area contributed by atoms with Gasteiger partial charge in [-0.15, -0.1) is 0 Å². The molecular weight excluding hydrogens is 171 g/mol. The summed E-state index contributed by atoms with van der Waals surface area (Å²) in [4.78, 5) is 0. The van der Waals surface area contributed by atoms with Crippen molar-refractivity contribution >= 4 is 23.2 Å². The zero-order valence-electron chi connectivity index (χ0n) is 5.06. The Balaban J connectivity index is 3.06. The van der Waals surface area contributed by atoms with Gasteiger partial charge in [0.1, 0.15) is 0 Å². The number of aliphatic hydroxyl groups is 1. The molecule has 1 rings (SSSR count). The van der Waals surface area contributed by atoms with Crippen molar-refractivity contribution in [1.82, 2.24) is 0 Å². The van der Waals surface area contributed by atoms with Crippen LogP contribution in [0.15, 0.2) is 12.1 Å². The first-order valence-electron chi connectivity index (χ1n) is 2.70. The summed E-state index contributed by atoms with van der Waals surface area (Å²) in [5.41, 5.74) is 0.703. The van der Waals surface area contributed by atoms with Crippen LogP contribution < -0.4 is 0 Å². The molecule has 0 saturated heterocycles. The fraction of sp³-hybridized carbons (Fsp3) is 0.143. The van der Waals surface area contributed by atoms with E-state index in [1.54, 1.807) is 12.1 Å². The first kappa shape index (κ1) is 7.86. The number of benzene rings is 1. The Morgan fingerprint density at radius 3 is 2.20 bits per heavy atom. The molecule has 10 heavy (non-hydrogen) atoms. The van der Waals surface area contributed by atoms with Crippen molar-refractivity contribution in [3.63, 3.8) is 0 Å². The summed E-state index contributed by atoms with van der Waals surface area (Å²) in [6, 6.07) is 5.90. The quantitative estimate of drug-likeness (QED) is 0.695. The number of halogens is 2. The van der Waals surface area contributed by atoms with Crippen LogP contribution in [-0.2, 0) is 6.61 Å². The number of hydrogen-bond donors (Lipinski definition) is 1. The molecule has 1 aromatic carbocycles. The van der Waals surface area contributed by atoms with E-state index in [1.807, 2.05) is 0 Å². The average molecular weight is 176 g/mol. The maximum absolute atomic E-state index is 8.66. The van der Waals surface area contributed by atoms with Crippen LogP contribution in [-0.4, -0.2) is 5.11 Å². The SMILES string of the molecule is OCc1cc(Cl)[c]c(Cl)c1. The molecule has 0 spiro atoms. The van der Waals surface area contributed by atoms with Crippen molar-refractivity contribution in [2.45, 2.75) is 6.61 Å². The molecule has 0 saturated carbocycles. The summed E-state index contributed by atoms with van der Waals surface area (Å²) in [5.74, 6) is 0. The molecule has 1 nitrogen and oxygen atoms in total. The summed E-state index contributed by atoms with van der Waals surface area (Å²) in [6.45, 7) is -0.0475. The molecular formula is C7H5Cl2O. The predicted molar refractivity (Wildman–Crippen MR) is 41.2 cm³/mol. The van der Waals surface area contributed by atoms with E-state index in [2.05, 4.69) is 6.07 Å². The lowest BCUT2D eigenvalue weighted by molar-refractivity contribution is 0.282. The summed E-state index contributed by atoms with van der Waals surface area (Å²) in [5, 5.41) is 9.51. The zero-order chi connectivity index (χ0) is 7.56. The molecule has 0 aliphatic heterocycles. The standard InChI is InChI=1S/C7H5Cl2O/c8-6-1-5(4-10)2-7(9)3-6/h1-2,10H,4H2. The van der Waals surface area contributed by atoms with Crippen LogP contribution in [0.2, 0.25) is 10.0 Å². The molecule has 0 atom stereocenters. The molecule has 0 unspecified atom stereocenters. The smallest absolute Gasteiger partial charge is 0.0682 e. The van der Waals surface area contributed by atoms with E-state index in [9.17, 15) is 0 Å². The Bertz CT molecular complexity index is 215. The lowest BCUT2D eigenvalue weighted by Crippen LogP contribution is -1.81. The van der Waals surface area contributed by atoms with Crippen LogP contribution in [0.5, 0.6) is 0 Å². The van der Waals surface area contributed by atoms with Gasteiger partial charge >= 0.3 is 0 Å². The molecule has 0 heterocycles. The first-order chi connectivity index (χ1) is 4.72. The summed E-state index contributed by atoms with van der Waals surface area (Å²) in [7, 11) is 0. The topological polar surface area (TPSA) is 20.2 Å². The molecule has 0 aliphatic carbocycles. The van der Waals surface area contributed by atoms with Gasteiger partial charge in [-0.3, -0.25) is 0 Å². The van der Waals surface area contributed by atoms with Crippen molar-refractivity contribution < 1.29 is 5.11 Å². The second-order valence-electron chi connectivity index (χ2n) is 1.84. The summed E-state index contributed by atoms with van der Waals surface area (Å²) < 4.78 is 0. The van der Waals surface area contributed by atoms with Gasteiger partial charge < -0.3 is 5.11 Å². The van der Waals surface area contributed by atoms with E-state index in [4.69, 9.17) is 28.3 Å². The Morgan fingerprint density at radius 2 is 1.80 bits per heavy atom. The van der Waals surface area contributed by atoms with Gasteiger partial charge in [0.2, 0.25) is 0 Å². The molecule has 0 bridgehead atoms. The van der Waals surface area contributed by atoms with Crippen LogP contribution in [0.1, 0.15) is 5.56 Å². The third-order valence-corrected chi connectivity index (χ3v) is 1.45. The molecule has 0 amide bonds. The highest BCUT2D eigenvalue weighted by Crippen LogP contribution is 2.17. The minimum atomic E-state index is -0.0475.